The van der Waals surface area contributed by atoms with E-state index in [1.54, 1.807) is 29.1 Å². The van der Waals surface area contributed by atoms with Crippen molar-refractivity contribution >= 4 is 45.6 Å². The van der Waals surface area contributed by atoms with E-state index in [9.17, 15) is 4.79 Å². The lowest BCUT2D eigenvalue weighted by Crippen LogP contribution is -2.07. The number of anilines is 1. The van der Waals surface area contributed by atoms with E-state index < -0.39 is 0 Å². The number of amides is 1. The molecule has 0 fully saturated rings. The van der Waals surface area contributed by atoms with Gasteiger partial charge in [-0.1, -0.05) is 35.1 Å². The monoisotopic (exact) mass is 447 g/mol. The maximum Gasteiger partial charge on any atom is 0.248 e. The summed E-state index contributed by atoms with van der Waals surface area (Å²) < 4.78 is 7.40. The van der Waals surface area contributed by atoms with Gasteiger partial charge in [-0.2, -0.15) is 9.61 Å². The molecular formula is C22H14ClN5O2S. The van der Waals surface area contributed by atoms with Crippen LogP contribution in [0.4, 0.5) is 5.69 Å². The molecule has 0 spiro atoms. The zero-order chi connectivity index (χ0) is 21.2. The van der Waals surface area contributed by atoms with Crippen molar-refractivity contribution in [2.45, 2.75) is 0 Å². The molecule has 3 heterocycles. The normalized spacial score (nSPS) is 11.4. The fraction of sp³-hybridized carbons (Fsp3) is 0. The molecule has 3 aromatic heterocycles. The Morgan fingerprint density at radius 3 is 2.81 bits per heavy atom. The molecule has 0 radical (unpaired) electrons. The minimum absolute atomic E-state index is 0.264. The molecule has 0 bridgehead atoms. The van der Waals surface area contributed by atoms with Gasteiger partial charge in [0.2, 0.25) is 10.9 Å². The van der Waals surface area contributed by atoms with Crippen molar-refractivity contribution in [1.82, 2.24) is 19.8 Å². The van der Waals surface area contributed by atoms with E-state index in [1.165, 1.54) is 17.4 Å². The number of carbonyl (C=O) groups is 1. The van der Waals surface area contributed by atoms with Gasteiger partial charge in [-0.05, 0) is 54.6 Å². The van der Waals surface area contributed by atoms with E-state index in [4.69, 9.17) is 16.0 Å². The summed E-state index contributed by atoms with van der Waals surface area (Å²) in [6.45, 7) is 0. The Labute approximate surface area is 185 Å². The molecule has 2 aromatic carbocycles. The zero-order valence-corrected chi connectivity index (χ0v) is 17.5. The predicted molar refractivity (Wildman–Crippen MR) is 121 cm³/mol. The molecule has 0 unspecified atom stereocenters. The molecule has 0 atom stereocenters. The molecule has 1 amide bonds. The van der Waals surface area contributed by atoms with Gasteiger partial charge in [0.15, 0.2) is 0 Å². The number of furan rings is 1. The third-order valence-corrected chi connectivity index (χ3v) is 5.63. The Morgan fingerprint density at radius 2 is 1.97 bits per heavy atom. The number of hydrogen-bond acceptors (Lipinski definition) is 6. The van der Waals surface area contributed by atoms with Crippen LogP contribution in [-0.2, 0) is 4.79 Å². The number of fused-ring (bicyclic) bond motifs is 1. The molecule has 7 nitrogen and oxygen atoms in total. The summed E-state index contributed by atoms with van der Waals surface area (Å²) in [6.07, 6.45) is 4.61. The Morgan fingerprint density at radius 1 is 1.10 bits per heavy atom. The number of halogens is 1. The molecule has 5 rings (SSSR count). The van der Waals surface area contributed by atoms with Crippen molar-refractivity contribution in [1.29, 1.82) is 0 Å². The average molecular weight is 448 g/mol. The highest BCUT2D eigenvalue weighted by atomic mass is 35.5. The van der Waals surface area contributed by atoms with Gasteiger partial charge >= 0.3 is 0 Å². The number of nitrogens with one attached hydrogen (secondary N) is 1. The molecule has 0 aliphatic rings. The van der Waals surface area contributed by atoms with E-state index in [2.05, 4.69) is 20.6 Å². The largest absolute Gasteiger partial charge is 0.457 e. The van der Waals surface area contributed by atoms with Gasteiger partial charge in [0, 0.05) is 27.9 Å². The molecule has 1 N–H and O–H groups in total. The highest BCUT2D eigenvalue weighted by Crippen LogP contribution is 2.27. The van der Waals surface area contributed by atoms with Crippen LogP contribution in [0.3, 0.4) is 0 Å². The van der Waals surface area contributed by atoms with Gasteiger partial charge in [-0.15, -0.1) is 10.2 Å². The Bertz CT molecular complexity index is 1370. The van der Waals surface area contributed by atoms with Crippen molar-refractivity contribution in [2.75, 3.05) is 5.32 Å². The van der Waals surface area contributed by atoms with Crippen LogP contribution in [0.1, 0.15) is 5.76 Å². The van der Waals surface area contributed by atoms with E-state index >= 15 is 0 Å². The Hall–Kier alpha value is -3.75. The van der Waals surface area contributed by atoms with Gasteiger partial charge in [0.05, 0.1) is 0 Å². The Balaban J connectivity index is 1.27. The smallest absolute Gasteiger partial charge is 0.248 e. The molecule has 0 saturated heterocycles. The number of hydrogen-bond donors (Lipinski definition) is 1. The van der Waals surface area contributed by atoms with Crippen molar-refractivity contribution in [3.63, 3.8) is 0 Å². The minimum Gasteiger partial charge on any atom is -0.457 e. The molecule has 9 heteroatoms. The fourth-order valence-electron chi connectivity index (χ4n) is 2.96. The molecule has 0 saturated carbocycles. The topological polar surface area (TPSA) is 85.3 Å². The molecule has 152 valence electrons. The van der Waals surface area contributed by atoms with E-state index in [-0.39, 0.29) is 5.91 Å². The van der Waals surface area contributed by atoms with Crippen LogP contribution in [-0.4, -0.2) is 25.7 Å². The second-order valence-corrected chi connectivity index (χ2v) is 7.97. The number of rotatable bonds is 5. The first-order valence-electron chi connectivity index (χ1n) is 9.26. The maximum atomic E-state index is 12.4. The van der Waals surface area contributed by atoms with E-state index in [0.29, 0.717) is 27.2 Å². The summed E-state index contributed by atoms with van der Waals surface area (Å²) in [4.78, 5) is 13.1. The number of nitrogens with zero attached hydrogens (tertiary/aromatic N) is 4. The van der Waals surface area contributed by atoms with Crippen LogP contribution in [0.2, 0.25) is 5.02 Å². The standard InChI is InChI=1S/C22H14ClN5O2S/c23-16-6-4-14(5-7-16)19-10-8-18(30-19)9-11-20(29)25-17-3-1-2-15(12-17)21-27-28-13-24-26-22(28)31-21/h1-13H,(H,25,29)/b11-9+. The Kier molecular flexibility index (Phi) is 5.07. The lowest BCUT2D eigenvalue weighted by molar-refractivity contribution is -0.111. The van der Waals surface area contributed by atoms with Crippen molar-refractivity contribution in [3.8, 4) is 21.9 Å². The van der Waals surface area contributed by atoms with Crippen molar-refractivity contribution in [2.24, 2.45) is 0 Å². The number of carbonyl (C=O) groups excluding carboxylic acids is 1. The van der Waals surface area contributed by atoms with Gasteiger partial charge in [-0.3, -0.25) is 4.79 Å². The summed E-state index contributed by atoms with van der Waals surface area (Å²) in [5.41, 5.74) is 2.46. The summed E-state index contributed by atoms with van der Waals surface area (Å²) >= 11 is 7.34. The van der Waals surface area contributed by atoms with Crippen LogP contribution >= 0.6 is 22.9 Å². The van der Waals surface area contributed by atoms with Crippen LogP contribution < -0.4 is 5.32 Å². The molecule has 0 aliphatic heterocycles. The van der Waals surface area contributed by atoms with Crippen LogP contribution in [0.15, 0.2) is 77.5 Å². The molecule has 5 aromatic rings. The first-order chi connectivity index (χ1) is 15.1. The third kappa shape index (κ3) is 4.25. The van der Waals surface area contributed by atoms with Crippen LogP contribution in [0, 0.1) is 0 Å². The SMILES string of the molecule is O=C(/C=C/c1ccc(-c2ccc(Cl)cc2)o1)Nc1cccc(-c2nn3cnnc3s2)c1. The predicted octanol–water partition coefficient (Wildman–Crippen LogP) is 5.42. The summed E-state index contributed by atoms with van der Waals surface area (Å²) in [5.74, 6) is 1.02. The second-order valence-electron chi connectivity index (χ2n) is 6.58. The van der Waals surface area contributed by atoms with Gasteiger partial charge in [0.25, 0.3) is 0 Å². The van der Waals surface area contributed by atoms with Crippen molar-refractivity contribution < 1.29 is 9.21 Å². The molecule has 31 heavy (non-hydrogen) atoms. The highest BCUT2D eigenvalue weighted by Gasteiger charge is 2.09. The van der Waals surface area contributed by atoms with Crippen LogP contribution in [0.5, 0.6) is 0 Å². The minimum atomic E-state index is -0.264. The molecular weight excluding hydrogens is 434 g/mol. The lowest BCUT2D eigenvalue weighted by Gasteiger charge is -2.03. The summed E-state index contributed by atoms with van der Waals surface area (Å²) in [5, 5.41) is 16.5. The van der Waals surface area contributed by atoms with Gasteiger partial charge in [-0.25, -0.2) is 0 Å². The summed E-state index contributed by atoms with van der Waals surface area (Å²) in [6, 6.07) is 18.5. The maximum absolute atomic E-state index is 12.4. The third-order valence-electron chi connectivity index (χ3n) is 4.42. The average Bonchev–Trinajstić information content (AvgIpc) is 3.49. The summed E-state index contributed by atoms with van der Waals surface area (Å²) in [7, 11) is 0. The molecule has 0 aliphatic carbocycles. The quantitative estimate of drug-likeness (QED) is 0.364. The zero-order valence-electron chi connectivity index (χ0n) is 15.9. The number of benzene rings is 2. The van der Waals surface area contributed by atoms with Gasteiger partial charge < -0.3 is 9.73 Å². The fourth-order valence-corrected chi connectivity index (χ4v) is 3.90. The first-order valence-corrected chi connectivity index (χ1v) is 10.5. The van der Waals surface area contributed by atoms with Crippen LogP contribution in [0.25, 0.3) is 32.9 Å². The number of aromatic nitrogens is 4. The van der Waals surface area contributed by atoms with E-state index in [0.717, 1.165) is 16.1 Å². The highest BCUT2D eigenvalue weighted by molar-refractivity contribution is 7.19. The lowest BCUT2D eigenvalue weighted by atomic mass is 10.2. The van der Waals surface area contributed by atoms with Gasteiger partial charge in [0.1, 0.15) is 22.9 Å². The first kappa shape index (κ1) is 19.2. The van der Waals surface area contributed by atoms with E-state index in [1.807, 2.05) is 48.5 Å². The van der Waals surface area contributed by atoms with Crippen molar-refractivity contribution in [3.05, 3.63) is 83.8 Å². The second kappa shape index (κ2) is 8.17.